The lowest BCUT2D eigenvalue weighted by Crippen LogP contribution is -1.99. The third-order valence-corrected chi connectivity index (χ3v) is 3.01. The third kappa shape index (κ3) is 6.51. The highest BCUT2D eigenvalue weighted by atomic mass is 14.1. The molecule has 1 rings (SSSR count). The Bertz CT molecular complexity index is 269. The van der Waals surface area contributed by atoms with Gasteiger partial charge in [0.05, 0.1) is 0 Å². The van der Waals surface area contributed by atoms with Crippen LogP contribution in [0.15, 0.2) is 24.3 Å². The first-order valence-corrected chi connectivity index (χ1v) is 7.22. The molecule has 0 saturated heterocycles. The molecule has 0 fully saturated rings. The second kappa shape index (κ2) is 9.27. The first-order valence-electron chi connectivity index (χ1n) is 7.22. The van der Waals surface area contributed by atoms with Crippen molar-refractivity contribution in [2.24, 2.45) is 5.92 Å². The Kier molecular flexibility index (Phi) is 8.85. The maximum absolute atomic E-state index is 2.35. The monoisotopic (exact) mass is 234 g/mol. The van der Waals surface area contributed by atoms with Gasteiger partial charge >= 0.3 is 0 Å². The Balaban J connectivity index is 0.00000121. The fourth-order valence-electron chi connectivity index (χ4n) is 2.04. The van der Waals surface area contributed by atoms with Crippen LogP contribution in [0.1, 0.15) is 71.4 Å². The Morgan fingerprint density at radius 2 is 1.47 bits per heavy atom. The Hall–Kier alpha value is -0.780. The second-order valence-corrected chi connectivity index (χ2v) is 4.99. The summed E-state index contributed by atoms with van der Waals surface area (Å²) in [7, 11) is 0. The fourth-order valence-corrected chi connectivity index (χ4v) is 2.04. The minimum atomic E-state index is 0.645. The van der Waals surface area contributed by atoms with Crippen molar-refractivity contribution in [2.45, 2.75) is 66.7 Å². The number of rotatable bonds is 5. The Labute approximate surface area is 108 Å². The van der Waals surface area contributed by atoms with E-state index in [2.05, 4.69) is 52.0 Å². The summed E-state index contributed by atoms with van der Waals surface area (Å²) in [6.45, 7) is 13.1. The molecule has 0 aliphatic rings. The van der Waals surface area contributed by atoms with Gasteiger partial charge in [-0.1, -0.05) is 78.6 Å². The predicted molar refractivity (Wildman–Crippen MR) is 79.7 cm³/mol. The van der Waals surface area contributed by atoms with E-state index in [0.717, 1.165) is 5.92 Å². The number of benzene rings is 1. The standard InChI is InChI=1S/C15H24.C2H6/c1-5-6-13(4)11-14-7-9-15(10-8-14)12(2)3;1-2/h7-10,12-13H,5-6,11H2,1-4H3;1-2H3. The molecule has 0 saturated carbocycles. The topological polar surface area (TPSA) is 0 Å². The molecule has 0 N–H and O–H groups in total. The normalized spacial score (nSPS) is 11.9. The fraction of sp³-hybridized carbons (Fsp3) is 0.647. The van der Waals surface area contributed by atoms with E-state index in [9.17, 15) is 0 Å². The molecular formula is C17H30. The van der Waals surface area contributed by atoms with E-state index in [4.69, 9.17) is 0 Å². The molecule has 1 unspecified atom stereocenters. The van der Waals surface area contributed by atoms with Crippen molar-refractivity contribution in [3.05, 3.63) is 35.4 Å². The smallest absolute Gasteiger partial charge is 0.0219 e. The van der Waals surface area contributed by atoms with Gasteiger partial charge in [0.25, 0.3) is 0 Å². The van der Waals surface area contributed by atoms with Crippen molar-refractivity contribution in [1.29, 1.82) is 0 Å². The molecule has 0 bridgehead atoms. The third-order valence-electron chi connectivity index (χ3n) is 3.01. The van der Waals surface area contributed by atoms with Crippen LogP contribution in [0.5, 0.6) is 0 Å². The highest BCUT2D eigenvalue weighted by molar-refractivity contribution is 5.24. The van der Waals surface area contributed by atoms with Gasteiger partial charge in [0, 0.05) is 0 Å². The summed E-state index contributed by atoms with van der Waals surface area (Å²) in [5, 5.41) is 0. The average molecular weight is 234 g/mol. The molecule has 0 spiro atoms. The van der Waals surface area contributed by atoms with Gasteiger partial charge in [0.1, 0.15) is 0 Å². The highest BCUT2D eigenvalue weighted by Crippen LogP contribution is 2.18. The van der Waals surface area contributed by atoms with Crippen LogP contribution in [0, 0.1) is 5.92 Å². The van der Waals surface area contributed by atoms with Crippen LogP contribution in [0.25, 0.3) is 0 Å². The van der Waals surface area contributed by atoms with Crippen LogP contribution in [-0.4, -0.2) is 0 Å². The van der Waals surface area contributed by atoms with Gasteiger partial charge in [0.2, 0.25) is 0 Å². The van der Waals surface area contributed by atoms with Crippen molar-refractivity contribution in [2.75, 3.05) is 0 Å². The molecular weight excluding hydrogens is 204 g/mol. The molecule has 0 heteroatoms. The molecule has 1 aromatic carbocycles. The zero-order valence-corrected chi connectivity index (χ0v) is 12.6. The van der Waals surface area contributed by atoms with Gasteiger partial charge < -0.3 is 0 Å². The van der Waals surface area contributed by atoms with E-state index in [1.807, 2.05) is 13.8 Å². The Morgan fingerprint density at radius 3 is 1.88 bits per heavy atom. The van der Waals surface area contributed by atoms with Gasteiger partial charge in [-0.3, -0.25) is 0 Å². The Morgan fingerprint density at radius 1 is 0.941 bits per heavy atom. The van der Waals surface area contributed by atoms with Gasteiger partial charge in [-0.2, -0.15) is 0 Å². The minimum Gasteiger partial charge on any atom is -0.0683 e. The van der Waals surface area contributed by atoms with Crippen molar-refractivity contribution in [3.63, 3.8) is 0 Å². The molecule has 0 radical (unpaired) electrons. The van der Waals surface area contributed by atoms with Gasteiger partial charge in [-0.05, 0) is 29.4 Å². The molecule has 1 atom stereocenters. The van der Waals surface area contributed by atoms with E-state index in [-0.39, 0.29) is 0 Å². The van der Waals surface area contributed by atoms with Crippen molar-refractivity contribution < 1.29 is 0 Å². The van der Waals surface area contributed by atoms with Gasteiger partial charge in [-0.25, -0.2) is 0 Å². The summed E-state index contributed by atoms with van der Waals surface area (Å²) in [6.07, 6.45) is 3.86. The van der Waals surface area contributed by atoms with E-state index >= 15 is 0 Å². The highest BCUT2D eigenvalue weighted by Gasteiger charge is 2.03. The molecule has 1 aromatic rings. The largest absolute Gasteiger partial charge is 0.0683 e. The molecule has 0 heterocycles. The van der Waals surface area contributed by atoms with Crippen LogP contribution in [0.4, 0.5) is 0 Å². The number of hydrogen-bond acceptors (Lipinski definition) is 0. The van der Waals surface area contributed by atoms with Crippen LogP contribution in [-0.2, 0) is 6.42 Å². The molecule has 0 amide bonds. The van der Waals surface area contributed by atoms with Crippen LogP contribution in [0.3, 0.4) is 0 Å². The minimum absolute atomic E-state index is 0.645. The van der Waals surface area contributed by atoms with Crippen LogP contribution in [0.2, 0.25) is 0 Å². The van der Waals surface area contributed by atoms with E-state index < -0.39 is 0 Å². The van der Waals surface area contributed by atoms with Gasteiger partial charge in [-0.15, -0.1) is 0 Å². The molecule has 0 aliphatic heterocycles. The predicted octanol–water partition coefficient (Wildman–Crippen LogP) is 5.81. The zero-order valence-electron chi connectivity index (χ0n) is 12.6. The summed E-state index contributed by atoms with van der Waals surface area (Å²) < 4.78 is 0. The maximum Gasteiger partial charge on any atom is -0.0219 e. The lowest BCUT2D eigenvalue weighted by Gasteiger charge is -2.11. The average Bonchev–Trinajstić information content (AvgIpc) is 2.32. The lowest BCUT2D eigenvalue weighted by atomic mass is 9.95. The first-order chi connectivity index (χ1) is 8.13. The summed E-state index contributed by atoms with van der Waals surface area (Å²) >= 11 is 0. The first kappa shape index (κ1) is 16.2. The summed E-state index contributed by atoms with van der Waals surface area (Å²) in [4.78, 5) is 0. The summed E-state index contributed by atoms with van der Waals surface area (Å²) in [6, 6.07) is 9.14. The van der Waals surface area contributed by atoms with E-state index in [1.165, 1.54) is 30.4 Å². The zero-order chi connectivity index (χ0) is 13.3. The number of hydrogen-bond donors (Lipinski definition) is 0. The maximum atomic E-state index is 2.35. The van der Waals surface area contributed by atoms with Crippen molar-refractivity contribution in [1.82, 2.24) is 0 Å². The van der Waals surface area contributed by atoms with Gasteiger partial charge in [0.15, 0.2) is 0 Å². The van der Waals surface area contributed by atoms with Crippen LogP contribution >= 0.6 is 0 Å². The second-order valence-electron chi connectivity index (χ2n) is 4.99. The molecule has 17 heavy (non-hydrogen) atoms. The van der Waals surface area contributed by atoms with E-state index in [0.29, 0.717) is 5.92 Å². The van der Waals surface area contributed by atoms with E-state index in [1.54, 1.807) is 0 Å². The SMILES string of the molecule is CC.CCCC(C)Cc1ccc(C(C)C)cc1. The molecule has 98 valence electrons. The van der Waals surface area contributed by atoms with Crippen molar-refractivity contribution in [3.8, 4) is 0 Å². The molecule has 0 aliphatic carbocycles. The summed E-state index contributed by atoms with van der Waals surface area (Å²) in [5.74, 6) is 1.46. The molecule has 0 nitrogen and oxygen atoms in total. The van der Waals surface area contributed by atoms with Crippen LogP contribution < -0.4 is 0 Å². The quantitative estimate of drug-likeness (QED) is 0.602. The lowest BCUT2D eigenvalue weighted by molar-refractivity contribution is 0.522. The molecule has 0 aromatic heterocycles. The van der Waals surface area contributed by atoms with Crippen molar-refractivity contribution >= 4 is 0 Å². The summed E-state index contributed by atoms with van der Waals surface area (Å²) in [5.41, 5.74) is 2.93.